The monoisotopic (exact) mass is 638 g/mol. The van der Waals surface area contributed by atoms with E-state index >= 15 is 0 Å². The highest BCUT2D eigenvalue weighted by Gasteiger charge is 2.30. The van der Waals surface area contributed by atoms with E-state index in [4.69, 9.17) is 14.6 Å². The molecule has 0 saturated carbocycles. The SMILES string of the molecule is CCNC(=O)CCCC(=O)Nc1ccc2c(c1)C(COC(C)=O)c1cc(NC(=O)CCCC(=O)NCCOC(C)CCO)ccc1-2. The first-order valence-electron chi connectivity index (χ1n) is 15.9. The smallest absolute Gasteiger partial charge is 0.302 e. The van der Waals surface area contributed by atoms with Crippen LogP contribution in [0.1, 0.15) is 82.8 Å². The van der Waals surface area contributed by atoms with Crippen molar-refractivity contribution in [2.45, 2.75) is 77.7 Å². The lowest BCUT2D eigenvalue weighted by Crippen LogP contribution is -2.28. The Morgan fingerprint density at radius 2 is 1.33 bits per heavy atom. The number of esters is 1. The van der Waals surface area contributed by atoms with Crippen LogP contribution in [0.5, 0.6) is 0 Å². The van der Waals surface area contributed by atoms with Crippen molar-refractivity contribution in [1.82, 2.24) is 10.6 Å². The number of anilines is 2. The van der Waals surface area contributed by atoms with Crippen LogP contribution in [-0.4, -0.2) is 73.7 Å². The van der Waals surface area contributed by atoms with Gasteiger partial charge in [-0.3, -0.25) is 24.0 Å². The van der Waals surface area contributed by atoms with Gasteiger partial charge in [-0.2, -0.15) is 0 Å². The zero-order valence-electron chi connectivity index (χ0n) is 26.9. The van der Waals surface area contributed by atoms with Crippen LogP contribution in [0.4, 0.5) is 11.4 Å². The molecule has 46 heavy (non-hydrogen) atoms. The van der Waals surface area contributed by atoms with Crippen molar-refractivity contribution in [3.8, 4) is 11.1 Å². The van der Waals surface area contributed by atoms with E-state index in [1.165, 1.54) is 6.92 Å². The van der Waals surface area contributed by atoms with Crippen molar-refractivity contribution in [3.05, 3.63) is 47.5 Å². The summed E-state index contributed by atoms with van der Waals surface area (Å²) >= 11 is 0. The molecule has 5 N–H and O–H groups in total. The average molecular weight is 639 g/mol. The lowest BCUT2D eigenvalue weighted by Gasteiger charge is -2.15. The fourth-order valence-corrected chi connectivity index (χ4v) is 5.25. The third kappa shape index (κ3) is 11.6. The van der Waals surface area contributed by atoms with Gasteiger partial charge in [0.05, 0.1) is 12.7 Å². The van der Waals surface area contributed by atoms with E-state index in [-0.39, 0.29) is 74.5 Å². The van der Waals surface area contributed by atoms with Crippen LogP contribution in [0, 0.1) is 0 Å². The number of rotatable bonds is 19. The number of ether oxygens (including phenoxy) is 2. The molecule has 2 aromatic carbocycles. The van der Waals surface area contributed by atoms with Gasteiger partial charge in [-0.1, -0.05) is 12.1 Å². The number of nitrogens with one attached hydrogen (secondary N) is 4. The fourth-order valence-electron chi connectivity index (χ4n) is 5.25. The number of benzene rings is 2. The highest BCUT2D eigenvalue weighted by atomic mass is 16.5. The molecule has 1 aliphatic rings. The van der Waals surface area contributed by atoms with Gasteiger partial charge in [0.2, 0.25) is 23.6 Å². The number of carbonyl (C=O) groups is 5. The van der Waals surface area contributed by atoms with Gasteiger partial charge in [-0.25, -0.2) is 0 Å². The van der Waals surface area contributed by atoms with Gasteiger partial charge < -0.3 is 35.8 Å². The van der Waals surface area contributed by atoms with Gasteiger partial charge in [0.1, 0.15) is 6.61 Å². The highest BCUT2D eigenvalue weighted by Crippen LogP contribution is 2.46. The van der Waals surface area contributed by atoms with Gasteiger partial charge >= 0.3 is 5.97 Å². The van der Waals surface area contributed by atoms with E-state index < -0.39 is 5.97 Å². The Kier molecular flexibility index (Phi) is 14.6. The van der Waals surface area contributed by atoms with Crippen LogP contribution < -0.4 is 21.3 Å². The number of aliphatic hydroxyl groups excluding tert-OH is 1. The summed E-state index contributed by atoms with van der Waals surface area (Å²) in [5.41, 5.74) is 4.84. The molecule has 0 aliphatic heterocycles. The summed E-state index contributed by atoms with van der Waals surface area (Å²) in [5, 5.41) is 20.2. The zero-order chi connectivity index (χ0) is 33.5. The van der Waals surface area contributed by atoms with Gasteiger partial charge in [0.25, 0.3) is 0 Å². The maximum absolute atomic E-state index is 12.7. The van der Waals surface area contributed by atoms with Gasteiger partial charge in [-0.05, 0) is 79.6 Å². The molecule has 0 spiro atoms. The summed E-state index contributed by atoms with van der Waals surface area (Å²) in [6.07, 6.45) is 2.13. The van der Waals surface area contributed by atoms with E-state index in [0.29, 0.717) is 50.3 Å². The average Bonchev–Trinajstić information content (AvgIpc) is 3.30. The second-order valence-corrected chi connectivity index (χ2v) is 11.3. The first-order chi connectivity index (χ1) is 22.1. The van der Waals surface area contributed by atoms with Crippen LogP contribution in [0.15, 0.2) is 36.4 Å². The molecule has 0 bridgehead atoms. The fraction of sp³-hybridized carbons (Fsp3) is 0.500. The Morgan fingerprint density at radius 1 is 0.804 bits per heavy atom. The topological polar surface area (TPSA) is 172 Å². The van der Waals surface area contributed by atoms with Gasteiger partial charge in [-0.15, -0.1) is 0 Å². The Morgan fingerprint density at radius 3 is 1.83 bits per heavy atom. The van der Waals surface area contributed by atoms with Crippen molar-refractivity contribution in [1.29, 1.82) is 0 Å². The molecule has 2 aromatic rings. The van der Waals surface area contributed by atoms with Crippen LogP contribution in [0.3, 0.4) is 0 Å². The van der Waals surface area contributed by atoms with E-state index in [9.17, 15) is 24.0 Å². The number of hydrogen-bond donors (Lipinski definition) is 5. The Labute approximate surface area is 270 Å². The number of amides is 4. The van der Waals surface area contributed by atoms with Crippen molar-refractivity contribution in [2.75, 3.05) is 43.5 Å². The molecule has 0 saturated heterocycles. The van der Waals surface area contributed by atoms with Gasteiger partial charge in [0, 0.05) is 69.6 Å². The van der Waals surface area contributed by atoms with E-state index in [1.54, 1.807) is 0 Å². The van der Waals surface area contributed by atoms with E-state index in [1.807, 2.05) is 50.2 Å². The van der Waals surface area contributed by atoms with Crippen molar-refractivity contribution in [3.63, 3.8) is 0 Å². The van der Waals surface area contributed by atoms with Crippen molar-refractivity contribution in [2.24, 2.45) is 0 Å². The number of fused-ring (bicyclic) bond motifs is 3. The number of hydrogen-bond acceptors (Lipinski definition) is 8. The molecular weight excluding hydrogens is 592 g/mol. The standard InChI is InChI=1S/C34H46N4O8/c1-4-35-31(41)7-5-9-33(43)37-24-11-13-26-27-14-12-25(20-29(27)30(28(26)19-24)21-46-23(3)40)38-34(44)10-6-8-32(42)36-16-18-45-22(2)15-17-39/h11-14,19-20,22,30,39H,4-10,15-18,21H2,1-3H3,(H,35,41)(H,36,42)(H,37,43)(H,38,44). The minimum atomic E-state index is -0.413. The minimum Gasteiger partial charge on any atom is -0.465 e. The summed E-state index contributed by atoms with van der Waals surface area (Å²) in [6.45, 7) is 6.46. The quantitative estimate of drug-likeness (QED) is 0.115. The molecular formula is C34H46N4O8. The third-order valence-corrected chi connectivity index (χ3v) is 7.52. The summed E-state index contributed by atoms with van der Waals surface area (Å²) in [6, 6.07) is 11.2. The summed E-state index contributed by atoms with van der Waals surface area (Å²) in [4.78, 5) is 60.7. The molecule has 250 valence electrons. The molecule has 0 aromatic heterocycles. The molecule has 0 fully saturated rings. The maximum Gasteiger partial charge on any atom is 0.302 e. The molecule has 0 radical (unpaired) electrons. The molecule has 1 aliphatic carbocycles. The normalized spacial score (nSPS) is 13.6. The predicted molar refractivity (Wildman–Crippen MR) is 174 cm³/mol. The molecule has 2 atom stereocenters. The van der Waals surface area contributed by atoms with E-state index in [2.05, 4.69) is 21.3 Å². The zero-order valence-corrected chi connectivity index (χ0v) is 26.9. The molecule has 0 heterocycles. The Balaban J connectivity index is 1.57. The molecule has 2 unspecified atom stereocenters. The molecule has 12 nitrogen and oxygen atoms in total. The molecule has 4 amide bonds. The lowest BCUT2D eigenvalue weighted by molar-refractivity contribution is -0.141. The van der Waals surface area contributed by atoms with Gasteiger partial charge in [0.15, 0.2) is 0 Å². The van der Waals surface area contributed by atoms with Crippen LogP contribution in [0.25, 0.3) is 11.1 Å². The van der Waals surface area contributed by atoms with Crippen LogP contribution >= 0.6 is 0 Å². The molecule has 12 heteroatoms. The van der Waals surface area contributed by atoms with E-state index in [0.717, 1.165) is 22.3 Å². The summed E-state index contributed by atoms with van der Waals surface area (Å²) < 4.78 is 10.9. The maximum atomic E-state index is 12.7. The van der Waals surface area contributed by atoms with Crippen LogP contribution in [0.2, 0.25) is 0 Å². The second kappa shape index (κ2) is 18.6. The Hall–Kier alpha value is -4.29. The lowest BCUT2D eigenvalue weighted by atomic mass is 9.97. The van der Waals surface area contributed by atoms with Crippen molar-refractivity contribution >= 4 is 41.0 Å². The predicted octanol–water partition coefficient (Wildman–Crippen LogP) is 3.62. The number of aliphatic hydroxyl groups is 1. The third-order valence-electron chi connectivity index (χ3n) is 7.52. The number of carbonyl (C=O) groups excluding carboxylic acids is 5. The Bertz CT molecular complexity index is 1380. The first kappa shape index (κ1) is 36.2. The summed E-state index contributed by atoms with van der Waals surface area (Å²) in [5.74, 6) is -1.39. The largest absolute Gasteiger partial charge is 0.465 e. The first-order valence-corrected chi connectivity index (χ1v) is 15.9. The summed E-state index contributed by atoms with van der Waals surface area (Å²) in [7, 11) is 0. The molecule has 3 rings (SSSR count). The second-order valence-electron chi connectivity index (χ2n) is 11.3. The minimum absolute atomic E-state index is 0.0510. The highest BCUT2D eigenvalue weighted by molar-refractivity contribution is 5.94. The van der Waals surface area contributed by atoms with Crippen molar-refractivity contribution < 1.29 is 38.6 Å². The van der Waals surface area contributed by atoms with Crippen LogP contribution in [-0.2, 0) is 33.4 Å².